The van der Waals surface area contributed by atoms with Gasteiger partial charge < -0.3 is 10.1 Å². The van der Waals surface area contributed by atoms with E-state index in [2.05, 4.69) is 15.0 Å². The van der Waals surface area contributed by atoms with Gasteiger partial charge in [0.25, 0.3) is 0 Å². The molecule has 0 amide bonds. The van der Waals surface area contributed by atoms with Gasteiger partial charge >= 0.3 is 0 Å². The van der Waals surface area contributed by atoms with Gasteiger partial charge in [0, 0.05) is 39.3 Å². The molecule has 2 N–H and O–H groups in total. The molecule has 0 saturated carbocycles. The summed E-state index contributed by atoms with van der Waals surface area (Å²) in [5, 5.41) is 13.8. The molecule has 3 heterocycles. The topological polar surface area (TPSA) is 74.2 Å². The van der Waals surface area contributed by atoms with Gasteiger partial charge in [-0.05, 0) is 31.2 Å². The first kappa shape index (κ1) is 18.3. The average molecular weight is 411 g/mol. The highest BCUT2D eigenvalue weighted by atomic mass is 32.1. The van der Waals surface area contributed by atoms with Crippen molar-refractivity contribution in [2.75, 3.05) is 0 Å². The molecule has 0 saturated heterocycles. The van der Waals surface area contributed by atoms with Crippen LogP contribution in [0.25, 0.3) is 22.2 Å². The SMILES string of the molecule is Cc1cc(N=C(c2ccccc2)c2c(O)[nH]c3ccc(-c4cscn4)cc23)ccn1. The number of benzene rings is 2. The molecule has 0 fully saturated rings. The quantitative estimate of drug-likeness (QED) is 0.364. The lowest BCUT2D eigenvalue weighted by Gasteiger charge is -2.08. The summed E-state index contributed by atoms with van der Waals surface area (Å²) in [6.45, 7) is 1.94. The summed E-state index contributed by atoms with van der Waals surface area (Å²) < 4.78 is 0. The number of pyridine rings is 1. The van der Waals surface area contributed by atoms with Crippen molar-refractivity contribution in [3.63, 3.8) is 0 Å². The number of aromatic nitrogens is 3. The second-order valence-electron chi connectivity index (χ2n) is 6.96. The van der Waals surface area contributed by atoms with Gasteiger partial charge in [-0.25, -0.2) is 9.98 Å². The average Bonchev–Trinajstić information content (AvgIpc) is 3.40. The highest BCUT2D eigenvalue weighted by Crippen LogP contribution is 2.34. The molecule has 5 aromatic rings. The zero-order chi connectivity index (χ0) is 20.5. The van der Waals surface area contributed by atoms with Crippen molar-refractivity contribution in [1.29, 1.82) is 0 Å². The van der Waals surface area contributed by atoms with Gasteiger partial charge in [-0.2, -0.15) is 0 Å². The molecule has 6 heteroatoms. The maximum atomic E-state index is 10.9. The summed E-state index contributed by atoms with van der Waals surface area (Å²) in [6.07, 6.45) is 1.74. The van der Waals surface area contributed by atoms with E-state index in [1.54, 1.807) is 17.5 Å². The number of hydrogen-bond donors (Lipinski definition) is 2. The number of fused-ring (bicyclic) bond motifs is 1. The fourth-order valence-electron chi connectivity index (χ4n) is 3.52. The van der Waals surface area contributed by atoms with Gasteiger partial charge in [0.1, 0.15) is 0 Å². The Morgan fingerprint density at radius 3 is 2.67 bits per heavy atom. The molecule has 0 unspecified atom stereocenters. The van der Waals surface area contributed by atoms with Crippen LogP contribution in [0.15, 0.2) is 82.7 Å². The van der Waals surface area contributed by atoms with Gasteiger partial charge in [0.05, 0.1) is 28.2 Å². The summed E-state index contributed by atoms with van der Waals surface area (Å²) >= 11 is 1.56. The Kier molecular flexibility index (Phi) is 4.61. The number of nitrogens with zero attached hydrogens (tertiary/aromatic N) is 3. The molecule has 0 aliphatic rings. The van der Waals surface area contributed by atoms with Gasteiger partial charge in [-0.1, -0.05) is 36.4 Å². The van der Waals surface area contributed by atoms with Crippen molar-refractivity contribution < 1.29 is 5.11 Å². The number of thiazole rings is 1. The van der Waals surface area contributed by atoms with Crippen LogP contribution in [0, 0.1) is 6.92 Å². The minimum Gasteiger partial charge on any atom is -0.494 e. The Bertz CT molecular complexity index is 1360. The predicted molar refractivity (Wildman–Crippen MR) is 122 cm³/mol. The summed E-state index contributed by atoms with van der Waals surface area (Å²) in [5.74, 6) is 0.0915. The molecule has 5 rings (SSSR count). The number of nitrogens with one attached hydrogen (secondary N) is 1. The van der Waals surface area contributed by atoms with E-state index < -0.39 is 0 Å². The van der Waals surface area contributed by atoms with Crippen LogP contribution < -0.4 is 0 Å². The first-order valence-corrected chi connectivity index (χ1v) is 10.4. The zero-order valence-electron chi connectivity index (χ0n) is 16.2. The largest absolute Gasteiger partial charge is 0.494 e. The number of H-pyrrole nitrogens is 1. The summed E-state index contributed by atoms with van der Waals surface area (Å²) in [5.41, 5.74) is 8.52. The molecule has 0 aliphatic carbocycles. The van der Waals surface area contributed by atoms with E-state index in [0.717, 1.165) is 39.1 Å². The van der Waals surface area contributed by atoms with E-state index in [9.17, 15) is 5.11 Å². The van der Waals surface area contributed by atoms with Gasteiger partial charge in [-0.15, -0.1) is 11.3 Å². The maximum absolute atomic E-state index is 10.9. The molecule has 5 nitrogen and oxygen atoms in total. The smallest absolute Gasteiger partial charge is 0.199 e. The van der Waals surface area contributed by atoms with Crippen LogP contribution in [0.3, 0.4) is 0 Å². The number of aryl methyl sites for hydroxylation is 1. The van der Waals surface area contributed by atoms with Crippen molar-refractivity contribution in [1.82, 2.24) is 15.0 Å². The Morgan fingerprint density at radius 2 is 1.90 bits per heavy atom. The normalized spacial score (nSPS) is 11.8. The van der Waals surface area contributed by atoms with Crippen molar-refractivity contribution in [3.05, 3.63) is 94.6 Å². The first-order valence-electron chi connectivity index (χ1n) is 9.49. The predicted octanol–water partition coefficient (Wildman–Crippen LogP) is 5.87. The van der Waals surface area contributed by atoms with E-state index >= 15 is 0 Å². The highest BCUT2D eigenvalue weighted by molar-refractivity contribution is 7.07. The number of rotatable bonds is 4. The third-order valence-corrected chi connectivity index (χ3v) is 5.50. The summed E-state index contributed by atoms with van der Waals surface area (Å²) in [4.78, 5) is 16.7. The van der Waals surface area contributed by atoms with Crippen molar-refractivity contribution >= 4 is 33.6 Å². The lowest BCUT2D eigenvalue weighted by Crippen LogP contribution is -2.03. The van der Waals surface area contributed by atoms with Gasteiger partial charge in [0.15, 0.2) is 5.88 Å². The molecule has 146 valence electrons. The molecule has 3 aromatic heterocycles. The Labute approximate surface area is 177 Å². The van der Waals surface area contributed by atoms with Crippen molar-refractivity contribution in [2.45, 2.75) is 6.92 Å². The van der Waals surface area contributed by atoms with Crippen LogP contribution >= 0.6 is 11.3 Å². The molecular weight excluding hydrogens is 392 g/mol. The maximum Gasteiger partial charge on any atom is 0.199 e. The number of aromatic hydroxyl groups is 1. The van der Waals surface area contributed by atoms with Crippen LogP contribution in [0.2, 0.25) is 0 Å². The van der Waals surface area contributed by atoms with Gasteiger partial charge in [-0.3, -0.25) is 4.98 Å². The molecule has 0 spiro atoms. The van der Waals surface area contributed by atoms with Crippen LogP contribution in [0.1, 0.15) is 16.8 Å². The second kappa shape index (κ2) is 7.57. The minimum atomic E-state index is 0.0915. The number of hydrogen-bond acceptors (Lipinski definition) is 5. The minimum absolute atomic E-state index is 0.0915. The van der Waals surface area contributed by atoms with Crippen LogP contribution in [-0.2, 0) is 0 Å². The summed E-state index contributed by atoms with van der Waals surface area (Å²) in [6, 6.07) is 19.7. The second-order valence-corrected chi connectivity index (χ2v) is 7.68. The fraction of sp³-hybridized carbons (Fsp3) is 0.0417. The van der Waals surface area contributed by atoms with Crippen LogP contribution in [0.5, 0.6) is 5.88 Å². The third-order valence-electron chi connectivity index (χ3n) is 4.91. The zero-order valence-corrected chi connectivity index (χ0v) is 17.0. The molecule has 2 aromatic carbocycles. The molecular formula is C24H18N4OS. The molecule has 0 atom stereocenters. The van der Waals surface area contributed by atoms with Crippen LogP contribution in [-0.4, -0.2) is 25.8 Å². The number of aromatic amines is 1. The van der Waals surface area contributed by atoms with E-state index in [-0.39, 0.29) is 5.88 Å². The lowest BCUT2D eigenvalue weighted by molar-refractivity contribution is 0.457. The Morgan fingerprint density at radius 1 is 1.03 bits per heavy atom. The summed E-state index contributed by atoms with van der Waals surface area (Å²) in [7, 11) is 0. The molecule has 0 radical (unpaired) electrons. The van der Waals surface area contributed by atoms with Crippen molar-refractivity contribution in [3.8, 4) is 17.1 Å². The molecule has 30 heavy (non-hydrogen) atoms. The first-order chi connectivity index (χ1) is 14.7. The van der Waals surface area contributed by atoms with Crippen LogP contribution in [0.4, 0.5) is 5.69 Å². The Hall–Kier alpha value is -3.77. The number of aliphatic imine (C=N–C) groups is 1. The van der Waals surface area contributed by atoms with E-state index in [0.29, 0.717) is 11.3 Å². The third kappa shape index (κ3) is 3.38. The monoisotopic (exact) mass is 410 g/mol. The molecule has 0 bridgehead atoms. The van der Waals surface area contributed by atoms with E-state index in [1.807, 2.05) is 78.5 Å². The highest BCUT2D eigenvalue weighted by Gasteiger charge is 2.19. The molecule has 0 aliphatic heterocycles. The van der Waals surface area contributed by atoms with Gasteiger partial charge in [0.2, 0.25) is 0 Å². The van der Waals surface area contributed by atoms with E-state index in [1.165, 1.54) is 0 Å². The van der Waals surface area contributed by atoms with E-state index in [4.69, 9.17) is 4.99 Å². The Balaban J connectivity index is 1.77. The van der Waals surface area contributed by atoms with Crippen molar-refractivity contribution in [2.24, 2.45) is 4.99 Å². The fourth-order valence-corrected chi connectivity index (χ4v) is 4.08. The standard InChI is InChI=1S/C24H18N4OS/c1-15-11-18(9-10-25-15)27-23(16-5-3-2-4-6-16)22-19-12-17(21-13-30-14-26-21)7-8-20(19)28-24(22)29/h2-14,28-29H,1H3. The lowest BCUT2D eigenvalue weighted by atomic mass is 9.99.